The van der Waals surface area contributed by atoms with E-state index in [9.17, 15) is 0 Å². The zero-order valence-electron chi connectivity index (χ0n) is 11.8. The SMILES string of the molecule is CCC(C)(C)NCC(C)N(C)CC1CCC1. The molecule has 1 fully saturated rings. The minimum Gasteiger partial charge on any atom is -0.310 e. The second-order valence-electron chi connectivity index (χ2n) is 6.20. The van der Waals surface area contributed by atoms with Crippen molar-refractivity contribution in [2.75, 3.05) is 20.1 Å². The van der Waals surface area contributed by atoms with Crippen LogP contribution in [0.2, 0.25) is 0 Å². The summed E-state index contributed by atoms with van der Waals surface area (Å²) in [6.45, 7) is 11.5. The quantitative estimate of drug-likeness (QED) is 0.718. The summed E-state index contributed by atoms with van der Waals surface area (Å²) < 4.78 is 0. The normalized spacial score (nSPS) is 19.9. The maximum atomic E-state index is 3.66. The number of rotatable bonds is 7. The van der Waals surface area contributed by atoms with Crippen molar-refractivity contribution >= 4 is 0 Å². The van der Waals surface area contributed by atoms with Crippen LogP contribution in [0.4, 0.5) is 0 Å². The van der Waals surface area contributed by atoms with E-state index >= 15 is 0 Å². The Labute approximate surface area is 102 Å². The van der Waals surface area contributed by atoms with Crippen molar-refractivity contribution in [3.63, 3.8) is 0 Å². The first-order valence-electron chi connectivity index (χ1n) is 6.90. The molecule has 1 aliphatic rings. The molecule has 0 bridgehead atoms. The van der Waals surface area contributed by atoms with Gasteiger partial charge in [-0.2, -0.15) is 0 Å². The summed E-state index contributed by atoms with van der Waals surface area (Å²) in [5.74, 6) is 0.978. The molecule has 0 saturated heterocycles. The van der Waals surface area contributed by atoms with Crippen LogP contribution in [0.3, 0.4) is 0 Å². The van der Waals surface area contributed by atoms with E-state index in [2.05, 4.69) is 45.0 Å². The third-order valence-corrected chi connectivity index (χ3v) is 4.28. The Morgan fingerprint density at radius 1 is 1.38 bits per heavy atom. The lowest BCUT2D eigenvalue weighted by Gasteiger charge is -2.35. The summed E-state index contributed by atoms with van der Waals surface area (Å²) in [5.41, 5.74) is 0.283. The standard InChI is InChI=1S/C14H30N2/c1-6-14(3,4)15-10-12(2)16(5)11-13-8-7-9-13/h12-13,15H,6-11H2,1-5H3. The molecular weight excluding hydrogens is 196 g/mol. The highest BCUT2D eigenvalue weighted by Crippen LogP contribution is 2.27. The fraction of sp³-hybridized carbons (Fsp3) is 1.00. The Hall–Kier alpha value is -0.0800. The van der Waals surface area contributed by atoms with Crippen molar-refractivity contribution in [1.82, 2.24) is 10.2 Å². The van der Waals surface area contributed by atoms with E-state index in [0.717, 1.165) is 12.5 Å². The molecule has 0 aliphatic heterocycles. The van der Waals surface area contributed by atoms with Crippen LogP contribution in [0.15, 0.2) is 0 Å². The van der Waals surface area contributed by atoms with Gasteiger partial charge in [0.25, 0.3) is 0 Å². The highest BCUT2D eigenvalue weighted by atomic mass is 15.2. The van der Waals surface area contributed by atoms with Gasteiger partial charge in [-0.25, -0.2) is 0 Å². The first-order valence-corrected chi connectivity index (χ1v) is 6.90. The first kappa shape index (κ1) is 14.0. The van der Waals surface area contributed by atoms with Gasteiger partial charge in [-0.1, -0.05) is 13.3 Å². The number of hydrogen-bond acceptors (Lipinski definition) is 2. The largest absolute Gasteiger partial charge is 0.310 e. The lowest BCUT2D eigenvalue weighted by Crippen LogP contribution is -2.47. The van der Waals surface area contributed by atoms with Crippen LogP contribution in [0, 0.1) is 5.92 Å². The average Bonchev–Trinajstić information content (AvgIpc) is 2.19. The van der Waals surface area contributed by atoms with Crippen LogP contribution in [0.1, 0.15) is 53.4 Å². The van der Waals surface area contributed by atoms with Crippen molar-refractivity contribution < 1.29 is 0 Å². The number of nitrogens with zero attached hydrogens (tertiary/aromatic N) is 1. The minimum atomic E-state index is 0.283. The Morgan fingerprint density at radius 2 is 2.00 bits per heavy atom. The molecule has 0 aromatic heterocycles. The highest BCUT2D eigenvalue weighted by molar-refractivity contribution is 4.80. The van der Waals surface area contributed by atoms with Gasteiger partial charge in [0.2, 0.25) is 0 Å². The zero-order valence-corrected chi connectivity index (χ0v) is 11.8. The topological polar surface area (TPSA) is 15.3 Å². The molecule has 1 N–H and O–H groups in total. The summed E-state index contributed by atoms with van der Waals surface area (Å²) in [7, 11) is 2.27. The minimum absolute atomic E-state index is 0.283. The van der Waals surface area contributed by atoms with E-state index in [0.29, 0.717) is 6.04 Å². The summed E-state index contributed by atoms with van der Waals surface area (Å²) in [6.07, 6.45) is 5.54. The molecular formula is C14H30N2. The Morgan fingerprint density at radius 3 is 2.44 bits per heavy atom. The van der Waals surface area contributed by atoms with Gasteiger partial charge in [-0.15, -0.1) is 0 Å². The first-order chi connectivity index (χ1) is 7.44. The van der Waals surface area contributed by atoms with Crippen LogP contribution in [0.25, 0.3) is 0 Å². The second-order valence-corrected chi connectivity index (χ2v) is 6.20. The van der Waals surface area contributed by atoms with Crippen LogP contribution >= 0.6 is 0 Å². The molecule has 0 aromatic carbocycles. The third-order valence-electron chi connectivity index (χ3n) is 4.28. The average molecular weight is 226 g/mol. The predicted octanol–water partition coefficient (Wildman–Crippen LogP) is 2.89. The Kier molecular flexibility index (Phi) is 5.26. The fourth-order valence-electron chi connectivity index (χ4n) is 1.97. The molecule has 1 unspecified atom stereocenters. The van der Waals surface area contributed by atoms with Gasteiger partial charge in [-0.3, -0.25) is 0 Å². The Balaban J connectivity index is 2.19. The molecule has 2 heteroatoms. The molecule has 0 spiro atoms. The molecule has 96 valence electrons. The third kappa shape index (κ3) is 4.42. The molecule has 0 radical (unpaired) electrons. The van der Waals surface area contributed by atoms with E-state index in [4.69, 9.17) is 0 Å². The summed E-state index contributed by atoms with van der Waals surface area (Å²) >= 11 is 0. The van der Waals surface area contributed by atoms with E-state index in [1.54, 1.807) is 0 Å². The highest BCUT2D eigenvalue weighted by Gasteiger charge is 2.22. The van der Waals surface area contributed by atoms with Gasteiger partial charge < -0.3 is 10.2 Å². The second kappa shape index (κ2) is 6.02. The predicted molar refractivity (Wildman–Crippen MR) is 71.8 cm³/mol. The van der Waals surface area contributed by atoms with E-state index < -0.39 is 0 Å². The molecule has 0 heterocycles. The van der Waals surface area contributed by atoms with E-state index in [-0.39, 0.29) is 5.54 Å². The van der Waals surface area contributed by atoms with Gasteiger partial charge in [0, 0.05) is 24.7 Å². The molecule has 0 aromatic rings. The van der Waals surface area contributed by atoms with Crippen molar-refractivity contribution in [2.45, 2.75) is 65.0 Å². The number of hydrogen-bond donors (Lipinski definition) is 1. The van der Waals surface area contributed by atoms with Crippen molar-refractivity contribution in [2.24, 2.45) is 5.92 Å². The molecule has 1 rings (SSSR count). The van der Waals surface area contributed by atoms with Crippen molar-refractivity contribution in [3.05, 3.63) is 0 Å². The van der Waals surface area contributed by atoms with Crippen LogP contribution in [-0.2, 0) is 0 Å². The number of nitrogens with one attached hydrogen (secondary N) is 1. The van der Waals surface area contributed by atoms with Crippen molar-refractivity contribution in [1.29, 1.82) is 0 Å². The smallest absolute Gasteiger partial charge is 0.0189 e. The molecule has 16 heavy (non-hydrogen) atoms. The maximum Gasteiger partial charge on any atom is 0.0189 e. The van der Waals surface area contributed by atoms with Crippen LogP contribution < -0.4 is 5.32 Å². The van der Waals surface area contributed by atoms with Crippen molar-refractivity contribution in [3.8, 4) is 0 Å². The lowest BCUT2D eigenvalue weighted by atomic mass is 9.85. The molecule has 1 saturated carbocycles. The Bertz CT molecular complexity index is 197. The van der Waals surface area contributed by atoms with Gasteiger partial charge in [-0.05, 0) is 53.0 Å². The monoisotopic (exact) mass is 226 g/mol. The van der Waals surface area contributed by atoms with Crippen LogP contribution in [0.5, 0.6) is 0 Å². The summed E-state index contributed by atoms with van der Waals surface area (Å²) in [4.78, 5) is 2.52. The molecule has 0 amide bonds. The number of likely N-dealkylation sites (N-methyl/N-ethyl adjacent to an activating group) is 1. The molecule has 2 nitrogen and oxygen atoms in total. The van der Waals surface area contributed by atoms with Gasteiger partial charge >= 0.3 is 0 Å². The van der Waals surface area contributed by atoms with Crippen LogP contribution in [-0.4, -0.2) is 36.6 Å². The maximum absolute atomic E-state index is 3.66. The molecule has 1 atom stereocenters. The van der Waals surface area contributed by atoms with E-state index in [1.807, 2.05) is 0 Å². The fourth-order valence-corrected chi connectivity index (χ4v) is 1.97. The van der Waals surface area contributed by atoms with E-state index in [1.165, 1.54) is 32.2 Å². The lowest BCUT2D eigenvalue weighted by molar-refractivity contribution is 0.161. The summed E-state index contributed by atoms with van der Waals surface area (Å²) in [5, 5.41) is 3.66. The van der Waals surface area contributed by atoms with Gasteiger partial charge in [0.1, 0.15) is 0 Å². The summed E-state index contributed by atoms with van der Waals surface area (Å²) in [6, 6.07) is 0.645. The van der Waals surface area contributed by atoms with Gasteiger partial charge in [0.05, 0.1) is 0 Å². The molecule has 1 aliphatic carbocycles. The van der Waals surface area contributed by atoms with Gasteiger partial charge in [0.15, 0.2) is 0 Å². The zero-order chi connectivity index (χ0) is 12.2.